The Morgan fingerprint density at radius 3 is 2.81 bits per heavy atom. The summed E-state index contributed by atoms with van der Waals surface area (Å²) in [5, 5.41) is 3.70. The Balaban J connectivity index is 2.18. The average molecular weight is 263 g/mol. The molecule has 6 heteroatoms. The molecule has 0 fully saturated rings. The van der Waals surface area contributed by atoms with Crippen molar-refractivity contribution in [1.82, 2.24) is 5.32 Å². The van der Waals surface area contributed by atoms with Gasteiger partial charge in [-0.05, 0) is 12.5 Å². The number of rotatable bonds is 5. The number of carbonyl (C=O) groups excluding carboxylic acids is 1. The molecule has 4 nitrogen and oxygen atoms in total. The second-order valence-corrected chi connectivity index (χ2v) is 6.75. The van der Waals surface area contributed by atoms with Crippen LogP contribution in [0, 0.1) is 0 Å². The SMILES string of the molecule is CCCCCSC(=O)NC1C=CS(=O)(=O)C1. The quantitative estimate of drug-likeness (QED) is 0.770. The standard InChI is InChI=1S/C10H17NO3S2/c1-2-3-4-6-15-10(12)11-9-5-7-16(13,14)8-9/h5,7,9H,2-4,6,8H2,1H3,(H,11,12). The second-order valence-electron chi connectivity index (χ2n) is 3.75. The summed E-state index contributed by atoms with van der Waals surface area (Å²) < 4.78 is 22.2. The molecule has 0 spiro atoms. The van der Waals surface area contributed by atoms with Gasteiger partial charge in [-0.2, -0.15) is 0 Å². The van der Waals surface area contributed by atoms with Crippen LogP contribution in [-0.4, -0.2) is 31.2 Å². The van der Waals surface area contributed by atoms with Crippen molar-refractivity contribution in [1.29, 1.82) is 0 Å². The molecular formula is C10H17NO3S2. The number of hydrogen-bond donors (Lipinski definition) is 1. The van der Waals surface area contributed by atoms with Crippen LogP contribution < -0.4 is 5.32 Å². The summed E-state index contributed by atoms with van der Waals surface area (Å²) in [6, 6.07) is -0.351. The molecule has 0 aromatic rings. The highest BCUT2D eigenvalue weighted by Crippen LogP contribution is 2.11. The Bertz CT molecular complexity index is 362. The average Bonchev–Trinajstić information content (AvgIpc) is 2.53. The lowest BCUT2D eigenvalue weighted by molar-refractivity contribution is 0.259. The molecule has 1 aliphatic rings. The van der Waals surface area contributed by atoms with Gasteiger partial charge >= 0.3 is 0 Å². The third kappa shape index (κ3) is 5.03. The number of carbonyl (C=O) groups is 1. The normalized spacial score (nSPS) is 22.2. The Labute approximate surface area is 101 Å². The van der Waals surface area contributed by atoms with E-state index in [4.69, 9.17) is 0 Å². The number of thioether (sulfide) groups is 1. The minimum absolute atomic E-state index is 0.00569. The lowest BCUT2D eigenvalue weighted by Crippen LogP contribution is -2.33. The first-order valence-electron chi connectivity index (χ1n) is 5.38. The first kappa shape index (κ1) is 13.6. The van der Waals surface area contributed by atoms with Crippen molar-refractivity contribution in [2.45, 2.75) is 32.2 Å². The van der Waals surface area contributed by atoms with E-state index in [-0.39, 0.29) is 17.0 Å². The van der Waals surface area contributed by atoms with Gasteiger partial charge in [-0.25, -0.2) is 8.42 Å². The van der Waals surface area contributed by atoms with E-state index in [0.29, 0.717) is 0 Å². The summed E-state index contributed by atoms with van der Waals surface area (Å²) in [5.41, 5.74) is 0. The van der Waals surface area contributed by atoms with E-state index < -0.39 is 9.84 Å². The maximum Gasteiger partial charge on any atom is 0.279 e. The molecule has 16 heavy (non-hydrogen) atoms. The van der Waals surface area contributed by atoms with Crippen LogP contribution in [0.25, 0.3) is 0 Å². The van der Waals surface area contributed by atoms with Crippen LogP contribution in [0.2, 0.25) is 0 Å². The molecule has 1 heterocycles. The van der Waals surface area contributed by atoms with Crippen molar-refractivity contribution in [2.75, 3.05) is 11.5 Å². The van der Waals surface area contributed by atoms with Gasteiger partial charge in [0.15, 0.2) is 9.84 Å². The Hall–Kier alpha value is -0.490. The van der Waals surface area contributed by atoms with Crippen LogP contribution in [0.4, 0.5) is 4.79 Å². The van der Waals surface area contributed by atoms with Gasteiger partial charge in [0.2, 0.25) is 0 Å². The lowest BCUT2D eigenvalue weighted by Gasteiger charge is -2.08. The van der Waals surface area contributed by atoms with E-state index in [9.17, 15) is 13.2 Å². The molecule has 1 N–H and O–H groups in total. The molecule has 1 atom stereocenters. The van der Waals surface area contributed by atoms with E-state index in [1.807, 2.05) is 0 Å². The number of sulfone groups is 1. The van der Waals surface area contributed by atoms with Crippen molar-refractivity contribution >= 4 is 26.8 Å². The highest BCUT2D eigenvalue weighted by Gasteiger charge is 2.22. The largest absolute Gasteiger partial charge is 0.340 e. The van der Waals surface area contributed by atoms with E-state index >= 15 is 0 Å². The van der Waals surface area contributed by atoms with Crippen molar-refractivity contribution in [3.8, 4) is 0 Å². The van der Waals surface area contributed by atoms with Gasteiger partial charge in [0.1, 0.15) is 0 Å². The molecule has 0 saturated carbocycles. The summed E-state index contributed by atoms with van der Waals surface area (Å²) in [6.07, 6.45) is 4.80. The molecule has 0 radical (unpaired) electrons. The molecule has 0 aliphatic carbocycles. The molecular weight excluding hydrogens is 246 g/mol. The maximum absolute atomic E-state index is 11.4. The number of nitrogens with one attached hydrogen (secondary N) is 1. The maximum atomic E-state index is 11.4. The summed E-state index contributed by atoms with van der Waals surface area (Å²) >= 11 is 1.22. The van der Waals surface area contributed by atoms with E-state index in [2.05, 4.69) is 12.2 Å². The molecule has 0 bridgehead atoms. The lowest BCUT2D eigenvalue weighted by atomic mass is 10.3. The van der Waals surface area contributed by atoms with Crippen LogP contribution in [-0.2, 0) is 9.84 Å². The highest BCUT2D eigenvalue weighted by atomic mass is 32.2. The first-order valence-corrected chi connectivity index (χ1v) is 8.08. The number of hydrogen-bond acceptors (Lipinski definition) is 4. The van der Waals surface area contributed by atoms with Crippen LogP contribution >= 0.6 is 11.8 Å². The topological polar surface area (TPSA) is 63.2 Å². The van der Waals surface area contributed by atoms with Crippen LogP contribution in [0.1, 0.15) is 26.2 Å². The fourth-order valence-electron chi connectivity index (χ4n) is 1.38. The highest BCUT2D eigenvalue weighted by molar-refractivity contribution is 8.13. The predicted molar refractivity (Wildman–Crippen MR) is 67.2 cm³/mol. The first-order chi connectivity index (χ1) is 7.53. The zero-order chi connectivity index (χ0) is 12.0. The second kappa shape index (κ2) is 6.30. The molecule has 1 aliphatic heterocycles. The Kier molecular flexibility index (Phi) is 5.34. The molecule has 0 aromatic carbocycles. The van der Waals surface area contributed by atoms with Gasteiger partial charge in [-0.15, -0.1) is 0 Å². The van der Waals surface area contributed by atoms with Gasteiger partial charge in [-0.3, -0.25) is 4.79 Å². The summed E-state index contributed by atoms with van der Waals surface area (Å²) in [7, 11) is -3.07. The molecule has 1 unspecified atom stereocenters. The van der Waals surface area contributed by atoms with Gasteiger partial charge in [-0.1, -0.05) is 31.5 Å². The molecule has 0 aromatic heterocycles. The van der Waals surface area contributed by atoms with Gasteiger partial charge in [0, 0.05) is 11.2 Å². The smallest absolute Gasteiger partial charge is 0.279 e. The van der Waals surface area contributed by atoms with Crippen molar-refractivity contribution in [2.24, 2.45) is 0 Å². The zero-order valence-electron chi connectivity index (χ0n) is 9.31. The summed E-state index contributed by atoms with van der Waals surface area (Å²) in [5.74, 6) is 0.789. The minimum Gasteiger partial charge on any atom is -0.340 e. The summed E-state index contributed by atoms with van der Waals surface area (Å²) in [4.78, 5) is 11.4. The number of amides is 1. The van der Waals surface area contributed by atoms with Crippen molar-refractivity contribution < 1.29 is 13.2 Å². The van der Waals surface area contributed by atoms with Crippen molar-refractivity contribution in [3.05, 3.63) is 11.5 Å². The van der Waals surface area contributed by atoms with Crippen LogP contribution in [0.15, 0.2) is 11.5 Å². The summed E-state index contributed by atoms with van der Waals surface area (Å²) in [6.45, 7) is 2.11. The predicted octanol–water partition coefficient (Wildman–Crippen LogP) is 1.93. The third-order valence-electron chi connectivity index (χ3n) is 2.21. The minimum atomic E-state index is -3.07. The molecule has 92 valence electrons. The molecule has 1 rings (SSSR count). The fraction of sp³-hybridized carbons (Fsp3) is 0.700. The van der Waals surface area contributed by atoms with Crippen LogP contribution in [0.5, 0.6) is 0 Å². The fourth-order valence-corrected chi connectivity index (χ4v) is 3.38. The van der Waals surface area contributed by atoms with Gasteiger partial charge in [0.05, 0.1) is 11.8 Å². The molecule has 1 amide bonds. The Morgan fingerprint density at radius 1 is 1.50 bits per heavy atom. The number of unbranched alkanes of at least 4 members (excludes halogenated alkanes) is 2. The van der Waals surface area contributed by atoms with E-state index in [1.54, 1.807) is 0 Å². The van der Waals surface area contributed by atoms with Crippen LogP contribution in [0.3, 0.4) is 0 Å². The monoisotopic (exact) mass is 263 g/mol. The Morgan fingerprint density at radius 2 is 2.25 bits per heavy atom. The van der Waals surface area contributed by atoms with E-state index in [1.165, 1.54) is 23.2 Å². The van der Waals surface area contributed by atoms with Gasteiger partial charge in [0.25, 0.3) is 5.24 Å². The third-order valence-corrected chi connectivity index (χ3v) is 4.48. The van der Waals surface area contributed by atoms with Gasteiger partial charge < -0.3 is 5.32 Å². The van der Waals surface area contributed by atoms with E-state index in [0.717, 1.165) is 25.0 Å². The zero-order valence-corrected chi connectivity index (χ0v) is 10.9. The van der Waals surface area contributed by atoms with Crippen molar-refractivity contribution in [3.63, 3.8) is 0 Å². The molecule has 0 saturated heterocycles.